The predicted octanol–water partition coefficient (Wildman–Crippen LogP) is 3.16. The fourth-order valence-corrected chi connectivity index (χ4v) is 2.07. The second-order valence-corrected chi connectivity index (χ2v) is 5.82. The zero-order valence-corrected chi connectivity index (χ0v) is 13.2. The monoisotopic (exact) mass is 345 g/mol. The number of halogens is 3. The Morgan fingerprint density at radius 3 is 2.41 bits per heavy atom. The summed E-state index contributed by atoms with van der Waals surface area (Å²) < 4.78 is 18.0. The van der Waals surface area contributed by atoms with Gasteiger partial charge in [-0.25, -0.2) is 9.18 Å². The van der Waals surface area contributed by atoms with Crippen LogP contribution < -0.4 is 5.32 Å². The summed E-state index contributed by atoms with van der Waals surface area (Å²) in [4.78, 5) is 22.8. The molecular weight excluding hydrogens is 332 g/mol. The molecule has 118 valence electrons. The molecule has 1 saturated carbocycles. The maximum absolute atomic E-state index is 13.2. The highest BCUT2D eigenvalue weighted by atomic mass is 35.5. The summed E-state index contributed by atoms with van der Waals surface area (Å²) in [6.07, 6.45) is 1.31. The van der Waals surface area contributed by atoms with Crippen molar-refractivity contribution >= 4 is 35.0 Å². The van der Waals surface area contributed by atoms with Crippen molar-refractivity contribution in [2.45, 2.75) is 31.5 Å². The van der Waals surface area contributed by atoms with Gasteiger partial charge >= 0.3 is 5.97 Å². The molecule has 1 aliphatic carbocycles. The van der Waals surface area contributed by atoms with Crippen LogP contribution in [-0.4, -0.2) is 29.9 Å². The number of carbonyl (C=O) groups is 2. The van der Waals surface area contributed by atoms with Gasteiger partial charge in [0.1, 0.15) is 5.82 Å². The maximum atomic E-state index is 13.2. The van der Waals surface area contributed by atoms with Gasteiger partial charge in [-0.1, -0.05) is 29.8 Å². The van der Waals surface area contributed by atoms with Crippen molar-refractivity contribution in [1.29, 1.82) is 0 Å². The van der Waals surface area contributed by atoms with Crippen LogP contribution in [0.25, 0.3) is 0 Å². The molecule has 0 amide bonds. The van der Waals surface area contributed by atoms with Crippen molar-refractivity contribution in [3.05, 3.63) is 46.2 Å². The van der Waals surface area contributed by atoms with Gasteiger partial charge in [-0.2, -0.15) is 0 Å². The van der Waals surface area contributed by atoms with Gasteiger partial charge in [-0.05, 0) is 25.5 Å². The van der Waals surface area contributed by atoms with E-state index in [1.54, 1.807) is 0 Å². The number of rotatable bonds is 4. The molecular formula is C15H14Cl2FNO3. The number of nitrogens with one attached hydrogen (secondary N) is 1. The van der Waals surface area contributed by atoms with E-state index in [0.29, 0.717) is 0 Å². The second kappa shape index (κ2) is 6.77. The third-order valence-electron chi connectivity index (χ3n) is 3.21. The molecule has 1 aromatic rings. The minimum Gasteiger partial charge on any atom is -0.451 e. The Labute approximate surface area is 137 Å². The molecule has 0 aromatic heterocycles. The topological polar surface area (TPSA) is 65.3 Å². The molecule has 22 heavy (non-hydrogen) atoms. The number of Topliss-reactive ketones (excluding diaryl/α,β-unsaturated/α-hetero) is 1. The number of ether oxygens (including phenoxy) is 1. The molecule has 0 radical (unpaired) electrons. The lowest BCUT2D eigenvalue weighted by molar-refractivity contribution is -0.140. The van der Waals surface area contributed by atoms with E-state index in [-0.39, 0.29) is 15.6 Å². The number of hydrogen-bond acceptors (Lipinski definition) is 4. The van der Waals surface area contributed by atoms with Gasteiger partial charge in [0, 0.05) is 23.7 Å². The quantitative estimate of drug-likeness (QED) is 0.299. The van der Waals surface area contributed by atoms with Gasteiger partial charge < -0.3 is 10.1 Å². The van der Waals surface area contributed by atoms with E-state index in [0.717, 1.165) is 30.3 Å². The molecule has 2 aliphatic rings. The summed E-state index contributed by atoms with van der Waals surface area (Å²) >= 11 is 11.3. The van der Waals surface area contributed by atoms with E-state index in [1.807, 2.05) is 0 Å². The Morgan fingerprint density at radius 1 is 1.41 bits per heavy atom. The fourth-order valence-electron chi connectivity index (χ4n) is 1.60. The van der Waals surface area contributed by atoms with Crippen LogP contribution in [0.2, 0.25) is 10.0 Å². The number of esters is 1. The van der Waals surface area contributed by atoms with Crippen LogP contribution in [0.3, 0.4) is 0 Å². The van der Waals surface area contributed by atoms with E-state index >= 15 is 0 Å². The number of hydrogen-bond donors (Lipinski definition) is 1. The molecule has 0 bridgehead atoms. The van der Waals surface area contributed by atoms with Crippen LogP contribution in [0.4, 0.5) is 4.39 Å². The van der Waals surface area contributed by atoms with Crippen LogP contribution in [0, 0.1) is 5.82 Å². The second-order valence-electron chi connectivity index (χ2n) is 5.01. The summed E-state index contributed by atoms with van der Waals surface area (Å²) in [7, 11) is 0. The van der Waals surface area contributed by atoms with E-state index in [9.17, 15) is 14.0 Å². The molecule has 1 N–H and O–H groups in total. The molecule has 4 nitrogen and oxygen atoms in total. The van der Waals surface area contributed by atoms with Gasteiger partial charge in [0.15, 0.2) is 6.10 Å². The first-order valence-corrected chi connectivity index (χ1v) is 7.37. The van der Waals surface area contributed by atoms with E-state index in [2.05, 4.69) is 11.9 Å². The summed E-state index contributed by atoms with van der Waals surface area (Å²) in [6, 6.07) is 4.03. The van der Waals surface area contributed by atoms with E-state index in [4.69, 9.17) is 27.9 Å². The third kappa shape index (κ3) is 4.29. The number of benzene rings is 1. The Balaban J connectivity index is 0.000000366. The third-order valence-corrected chi connectivity index (χ3v) is 3.82. The predicted molar refractivity (Wildman–Crippen MR) is 81.8 cm³/mol. The smallest absolute Gasteiger partial charge is 0.330 e. The zero-order valence-electron chi connectivity index (χ0n) is 11.7. The van der Waals surface area contributed by atoms with Gasteiger partial charge in [0.05, 0.1) is 10.0 Å². The SMILES string of the molecule is C1C2NC12.C=CC(=O)OC(C)C(=O)c1cc(F)c(Cl)cc1Cl. The normalized spacial score (nSPS) is 21.6. The lowest BCUT2D eigenvalue weighted by Gasteiger charge is -2.12. The van der Waals surface area contributed by atoms with Crippen molar-refractivity contribution in [2.24, 2.45) is 0 Å². The standard InChI is InChI=1S/C12H9Cl2FO3.C3H5N/c1-3-11(16)18-6(2)12(17)7-4-10(15)9(14)5-8(7)13;1-2-3(1)4-2/h3-6H,1H2,2H3;2-4H,1H2. The molecule has 0 spiro atoms. The molecule has 3 rings (SSSR count). The lowest BCUT2D eigenvalue weighted by Crippen LogP contribution is -2.23. The molecule has 7 heteroatoms. The minimum absolute atomic E-state index is 0.00657. The van der Waals surface area contributed by atoms with Crippen LogP contribution in [0.1, 0.15) is 23.7 Å². The Morgan fingerprint density at radius 2 is 1.95 bits per heavy atom. The summed E-state index contributed by atoms with van der Waals surface area (Å²) in [5.41, 5.74) is -0.0945. The van der Waals surface area contributed by atoms with Gasteiger partial charge in [0.25, 0.3) is 0 Å². The Hall–Kier alpha value is -1.43. The fraction of sp³-hybridized carbons (Fsp3) is 0.333. The van der Waals surface area contributed by atoms with Crippen molar-refractivity contribution < 1.29 is 18.7 Å². The zero-order chi connectivity index (χ0) is 16.4. The lowest BCUT2D eigenvalue weighted by atomic mass is 10.1. The average Bonchev–Trinajstić information content (AvgIpc) is 3.33. The van der Waals surface area contributed by atoms with Gasteiger partial charge in [-0.3, -0.25) is 4.79 Å². The molecule has 3 unspecified atom stereocenters. The van der Waals surface area contributed by atoms with Gasteiger partial charge in [0.2, 0.25) is 5.78 Å². The van der Waals surface area contributed by atoms with Crippen molar-refractivity contribution in [1.82, 2.24) is 5.32 Å². The van der Waals surface area contributed by atoms with Crippen molar-refractivity contribution in [2.75, 3.05) is 0 Å². The van der Waals surface area contributed by atoms with Crippen molar-refractivity contribution in [3.8, 4) is 0 Å². The molecule has 3 atom stereocenters. The first-order chi connectivity index (χ1) is 10.3. The highest BCUT2D eigenvalue weighted by molar-refractivity contribution is 6.37. The van der Waals surface area contributed by atoms with Crippen LogP contribution in [0.15, 0.2) is 24.8 Å². The van der Waals surface area contributed by atoms with Crippen LogP contribution >= 0.6 is 23.2 Å². The largest absolute Gasteiger partial charge is 0.451 e. The number of fused-ring (bicyclic) bond motifs is 1. The summed E-state index contributed by atoms with van der Waals surface area (Å²) in [6.45, 7) is 4.55. The molecule has 1 heterocycles. The summed E-state index contributed by atoms with van der Waals surface area (Å²) in [5, 5.41) is 3.00. The maximum Gasteiger partial charge on any atom is 0.330 e. The first-order valence-electron chi connectivity index (χ1n) is 6.61. The molecule has 1 aromatic carbocycles. The number of carbonyl (C=O) groups excluding carboxylic acids is 2. The molecule has 2 fully saturated rings. The Bertz CT molecular complexity index is 623. The van der Waals surface area contributed by atoms with E-state index in [1.165, 1.54) is 13.3 Å². The van der Waals surface area contributed by atoms with Gasteiger partial charge in [-0.15, -0.1) is 0 Å². The minimum atomic E-state index is -1.09. The van der Waals surface area contributed by atoms with Crippen LogP contribution in [-0.2, 0) is 9.53 Å². The average molecular weight is 346 g/mol. The Kier molecular flexibility index (Phi) is 5.21. The van der Waals surface area contributed by atoms with E-state index < -0.39 is 23.7 Å². The molecule has 1 saturated heterocycles. The molecule has 1 aliphatic heterocycles. The highest BCUT2D eigenvalue weighted by Crippen LogP contribution is 2.35. The highest BCUT2D eigenvalue weighted by Gasteiger charge is 2.52. The summed E-state index contributed by atoms with van der Waals surface area (Å²) in [5.74, 6) is -2.14. The first kappa shape index (κ1) is 16.9. The van der Waals surface area contributed by atoms with Crippen molar-refractivity contribution in [3.63, 3.8) is 0 Å². The van der Waals surface area contributed by atoms with Crippen LogP contribution in [0.5, 0.6) is 0 Å². The number of ketones is 1.